The van der Waals surface area contributed by atoms with Crippen molar-refractivity contribution in [2.45, 2.75) is 39.3 Å². The molecular formula is C18H27N5O2. The Morgan fingerprint density at radius 2 is 1.80 bits per heavy atom. The molecule has 0 atom stereocenters. The van der Waals surface area contributed by atoms with Crippen molar-refractivity contribution in [3.8, 4) is 0 Å². The molecule has 7 nitrogen and oxygen atoms in total. The molecule has 0 unspecified atom stereocenters. The van der Waals surface area contributed by atoms with Gasteiger partial charge in [-0.2, -0.15) is 5.10 Å². The van der Waals surface area contributed by atoms with Gasteiger partial charge in [0.25, 0.3) is 5.56 Å². The maximum absolute atomic E-state index is 12.1. The number of rotatable bonds is 5. The van der Waals surface area contributed by atoms with Gasteiger partial charge in [-0.05, 0) is 6.07 Å². The van der Waals surface area contributed by atoms with Crippen LogP contribution in [0.3, 0.4) is 0 Å². The van der Waals surface area contributed by atoms with Gasteiger partial charge in [0.15, 0.2) is 0 Å². The fourth-order valence-corrected chi connectivity index (χ4v) is 2.94. The first kappa shape index (κ1) is 17.8. The van der Waals surface area contributed by atoms with Gasteiger partial charge in [-0.3, -0.25) is 14.6 Å². The zero-order chi connectivity index (χ0) is 17.9. The third-order valence-corrected chi connectivity index (χ3v) is 4.57. The van der Waals surface area contributed by atoms with Gasteiger partial charge in [0, 0.05) is 44.2 Å². The normalized spacial score (nSPS) is 17.1. The zero-order valence-corrected chi connectivity index (χ0v) is 15.3. The lowest BCUT2D eigenvalue weighted by molar-refractivity contribution is 0.115. The summed E-state index contributed by atoms with van der Waals surface area (Å²) in [6, 6.07) is 3.46. The standard InChI is InChI=1S/C18H27N5O2/c1-18(2,3)15-4-5-17(24)23(20-15)12-11-21-7-9-22(10-8-21)14-16-19-6-13-25-16/h4-6,13H,7-12,14H2,1-3H3. The second kappa shape index (κ2) is 7.49. The lowest BCUT2D eigenvalue weighted by Crippen LogP contribution is -2.47. The maximum Gasteiger partial charge on any atom is 0.266 e. The number of aromatic nitrogens is 3. The minimum Gasteiger partial charge on any atom is -0.448 e. The summed E-state index contributed by atoms with van der Waals surface area (Å²) in [6.07, 6.45) is 3.30. The van der Waals surface area contributed by atoms with Crippen LogP contribution in [-0.4, -0.2) is 57.3 Å². The van der Waals surface area contributed by atoms with Gasteiger partial charge < -0.3 is 4.42 Å². The molecule has 0 aliphatic carbocycles. The lowest BCUT2D eigenvalue weighted by Gasteiger charge is -2.34. The predicted octanol–water partition coefficient (Wildman–Crippen LogP) is 1.35. The van der Waals surface area contributed by atoms with Gasteiger partial charge in [-0.25, -0.2) is 9.67 Å². The summed E-state index contributed by atoms with van der Waals surface area (Å²) in [5.74, 6) is 0.767. The van der Waals surface area contributed by atoms with Crippen molar-refractivity contribution >= 4 is 0 Å². The fourth-order valence-electron chi connectivity index (χ4n) is 2.94. The second-order valence-corrected chi connectivity index (χ2v) is 7.57. The quantitative estimate of drug-likeness (QED) is 0.815. The fraction of sp³-hybridized carbons (Fsp3) is 0.611. The summed E-state index contributed by atoms with van der Waals surface area (Å²) in [5, 5.41) is 4.54. The highest BCUT2D eigenvalue weighted by Crippen LogP contribution is 2.18. The molecule has 25 heavy (non-hydrogen) atoms. The van der Waals surface area contributed by atoms with Crippen LogP contribution >= 0.6 is 0 Å². The van der Waals surface area contributed by atoms with E-state index in [0.717, 1.165) is 50.9 Å². The molecule has 1 fully saturated rings. The first-order chi connectivity index (χ1) is 11.9. The molecule has 2 aromatic heterocycles. The van der Waals surface area contributed by atoms with Crippen molar-refractivity contribution in [1.82, 2.24) is 24.6 Å². The number of hydrogen-bond acceptors (Lipinski definition) is 6. The van der Waals surface area contributed by atoms with Crippen LogP contribution in [-0.2, 0) is 18.5 Å². The smallest absolute Gasteiger partial charge is 0.266 e. The Kier molecular flexibility index (Phi) is 5.34. The molecular weight excluding hydrogens is 318 g/mol. The lowest BCUT2D eigenvalue weighted by atomic mass is 9.92. The number of nitrogens with zero attached hydrogens (tertiary/aromatic N) is 5. The van der Waals surface area contributed by atoms with E-state index in [-0.39, 0.29) is 11.0 Å². The largest absolute Gasteiger partial charge is 0.448 e. The summed E-state index contributed by atoms with van der Waals surface area (Å²) in [6.45, 7) is 12.5. The predicted molar refractivity (Wildman–Crippen MR) is 95.4 cm³/mol. The highest BCUT2D eigenvalue weighted by Gasteiger charge is 2.19. The van der Waals surface area contributed by atoms with Gasteiger partial charge in [-0.15, -0.1) is 0 Å². The van der Waals surface area contributed by atoms with E-state index >= 15 is 0 Å². The highest BCUT2D eigenvalue weighted by molar-refractivity contribution is 5.10. The summed E-state index contributed by atoms with van der Waals surface area (Å²) >= 11 is 0. The Labute approximate surface area is 148 Å². The molecule has 3 rings (SSSR count). The van der Waals surface area contributed by atoms with E-state index in [4.69, 9.17) is 4.42 Å². The molecule has 0 spiro atoms. The van der Waals surface area contributed by atoms with E-state index in [0.29, 0.717) is 6.54 Å². The Morgan fingerprint density at radius 3 is 2.44 bits per heavy atom. The molecule has 0 aromatic carbocycles. The van der Waals surface area contributed by atoms with Crippen LogP contribution in [0.2, 0.25) is 0 Å². The SMILES string of the molecule is CC(C)(C)c1ccc(=O)n(CCN2CCN(Cc3ncco3)CC2)n1. The topological polar surface area (TPSA) is 67.4 Å². The zero-order valence-electron chi connectivity index (χ0n) is 15.3. The molecule has 0 saturated carbocycles. The Balaban J connectivity index is 1.51. The van der Waals surface area contributed by atoms with E-state index in [1.54, 1.807) is 23.2 Å². The van der Waals surface area contributed by atoms with Crippen LogP contribution in [0.1, 0.15) is 32.4 Å². The van der Waals surface area contributed by atoms with Gasteiger partial charge in [-0.1, -0.05) is 20.8 Å². The highest BCUT2D eigenvalue weighted by atomic mass is 16.3. The Hall–Kier alpha value is -1.99. The first-order valence-corrected chi connectivity index (χ1v) is 8.83. The Morgan fingerprint density at radius 1 is 1.08 bits per heavy atom. The van der Waals surface area contributed by atoms with Crippen LogP contribution in [0.5, 0.6) is 0 Å². The number of hydrogen-bond donors (Lipinski definition) is 0. The summed E-state index contributed by atoms with van der Waals surface area (Å²) in [5.41, 5.74) is 0.861. The molecule has 3 heterocycles. The van der Waals surface area contributed by atoms with Crippen LogP contribution in [0.25, 0.3) is 0 Å². The number of oxazole rings is 1. The molecule has 0 N–H and O–H groups in total. The summed E-state index contributed by atoms with van der Waals surface area (Å²) < 4.78 is 6.90. The van der Waals surface area contributed by atoms with E-state index in [2.05, 4.69) is 40.7 Å². The average Bonchev–Trinajstić information content (AvgIpc) is 3.07. The minimum atomic E-state index is -0.0546. The average molecular weight is 345 g/mol. The summed E-state index contributed by atoms with van der Waals surface area (Å²) in [7, 11) is 0. The van der Waals surface area contributed by atoms with Crippen LogP contribution in [0.15, 0.2) is 33.8 Å². The van der Waals surface area contributed by atoms with Crippen molar-refractivity contribution in [1.29, 1.82) is 0 Å². The molecule has 1 aliphatic heterocycles. The van der Waals surface area contributed by atoms with Crippen LogP contribution < -0.4 is 5.56 Å². The van der Waals surface area contributed by atoms with E-state index in [1.807, 2.05) is 6.07 Å². The third kappa shape index (κ3) is 4.76. The number of piperazine rings is 1. The van der Waals surface area contributed by atoms with Crippen molar-refractivity contribution < 1.29 is 4.42 Å². The molecule has 2 aromatic rings. The van der Waals surface area contributed by atoms with Crippen molar-refractivity contribution in [3.63, 3.8) is 0 Å². The monoisotopic (exact) mass is 345 g/mol. The Bertz CT molecular complexity index is 725. The molecule has 1 saturated heterocycles. The van der Waals surface area contributed by atoms with E-state index < -0.39 is 0 Å². The minimum absolute atomic E-state index is 0.0319. The van der Waals surface area contributed by atoms with E-state index in [9.17, 15) is 4.79 Å². The van der Waals surface area contributed by atoms with Crippen LogP contribution in [0.4, 0.5) is 0 Å². The van der Waals surface area contributed by atoms with Crippen molar-refractivity contribution in [2.75, 3.05) is 32.7 Å². The third-order valence-electron chi connectivity index (χ3n) is 4.57. The van der Waals surface area contributed by atoms with Gasteiger partial charge >= 0.3 is 0 Å². The molecule has 0 radical (unpaired) electrons. The van der Waals surface area contributed by atoms with Gasteiger partial charge in [0.1, 0.15) is 6.26 Å². The van der Waals surface area contributed by atoms with Gasteiger partial charge in [0.05, 0.1) is 25.0 Å². The maximum atomic E-state index is 12.1. The van der Waals surface area contributed by atoms with E-state index in [1.165, 1.54) is 0 Å². The first-order valence-electron chi connectivity index (χ1n) is 8.83. The van der Waals surface area contributed by atoms with Crippen molar-refractivity contribution in [3.05, 3.63) is 46.5 Å². The summed E-state index contributed by atoms with van der Waals surface area (Å²) in [4.78, 5) is 21.0. The molecule has 1 aliphatic rings. The molecule has 0 bridgehead atoms. The molecule has 0 amide bonds. The van der Waals surface area contributed by atoms with Gasteiger partial charge in [0.2, 0.25) is 5.89 Å². The second-order valence-electron chi connectivity index (χ2n) is 7.57. The molecule has 136 valence electrons. The van der Waals surface area contributed by atoms with Crippen LogP contribution in [0, 0.1) is 0 Å². The molecule has 7 heteroatoms. The van der Waals surface area contributed by atoms with Crippen molar-refractivity contribution in [2.24, 2.45) is 0 Å².